The Hall–Kier alpha value is -1.26. The van der Waals surface area contributed by atoms with Crippen LogP contribution in [-0.4, -0.2) is 26.1 Å². The van der Waals surface area contributed by atoms with Crippen LogP contribution in [0, 0.1) is 5.41 Å². The van der Waals surface area contributed by atoms with Crippen LogP contribution in [0.15, 0.2) is 18.2 Å². The summed E-state index contributed by atoms with van der Waals surface area (Å²) in [5, 5.41) is 6.95. The van der Waals surface area contributed by atoms with Crippen molar-refractivity contribution in [2.45, 2.75) is 32.7 Å². The molecule has 1 aromatic rings. The number of nitrogens with one attached hydrogen (secondary N) is 2. The summed E-state index contributed by atoms with van der Waals surface area (Å²) in [5.41, 5.74) is 0.552. The predicted octanol–water partition coefficient (Wildman–Crippen LogP) is 2.74. The predicted molar refractivity (Wildman–Crippen MR) is 84.7 cm³/mol. The highest BCUT2D eigenvalue weighted by molar-refractivity contribution is 6.31. The molecule has 1 aliphatic heterocycles. The molecule has 1 aromatic carbocycles. The lowest BCUT2D eigenvalue weighted by atomic mass is 9.81. The molecule has 0 bridgehead atoms. The van der Waals surface area contributed by atoms with E-state index in [1.807, 2.05) is 18.2 Å². The molecule has 0 spiro atoms. The van der Waals surface area contributed by atoms with E-state index in [9.17, 15) is 4.79 Å². The van der Waals surface area contributed by atoms with Crippen LogP contribution in [0.3, 0.4) is 0 Å². The van der Waals surface area contributed by atoms with E-state index in [1.165, 1.54) is 0 Å². The molecule has 0 saturated carbocycles. The summed E-state index contributed by atoms with van der Waals surface area (Å²) < 4.78 is 5.31. The average molecular weight is 311 g/mol. The number of benzene rings is 1. The Morgan fingerprint density at radius 1 is 1.52 bits per heavy atom. The highest BCUT2D eigenvalue weighted by Crippen LogP contribution is 2.32. The van der Waals surface area contributed by atoms with Gasteiger partial charge in [0.1, 0.15) is 5.75 Å². The van der Waals surface area contributed by atoms with Crippen molar-refractivity contribution >= 4 is 17.5 Å². The molecule has 0 aliphatic carbocycles. The van der Waals surface area contributed by atoms with E-state index in [0.29, 0.717) is 17.3 Å². The van der Waals surface area contributed by atoms with Crippen LogP contribution in [-0.2, 0) is 11.3 Å². The van der Waals surface area contributed by atoms with Crippen LogP contribution in [0.25, 0.3) is 0 Å². The lowest BCUT2D eigenvalue weighted by molar-refractivity contribution is -0.130. The quantitative estimate of drug-likeness (QED) is 0.849. The van der Waals surface area contributed by atoms with Crippen LogP contribution in [0.5, 0.6) is 5.75 Å². The van der Waals surface area contributed by atoms with Gasteiger partial charge in [0.25, 0.3) is 0 Å². The zero-order chi connectivity index (χ0) is 15.3. The topological polar surface area (TPSA) is 50.4 Å². The fourth-order valence-corrected chi connectivity index (χ4v) is 3.23. The smallest absolute Gasteiger partial charge is 0.227 e. The molecule has 0 aromatic heterocycles. The van der Waals surface area contributed by atoms with E-state index in [-0.39, 0.29) is 11.3 Å². The summed E-state index contributed by atoms with van der Waals surface area (Å²) in [5.74, 6) is 0.813. The molecule has 1 unspecified atom stereocenters. The third-order valence-corrected chi connectivity index (χ3v) is 4.53. The first-order chi connectivity index (χ1) is 10.1. The molecular weight excluding hydrogens is 288 g/mol. The standard InChI is InChI=1S/C16H23ClN2O2/c1-3-7-16(8-9-18-11-16)15(20)19-10-12-13(17)5-4-6-14(12)21-2/h4-6,18H,3,7-11H2,1-2H3,(H,19,20). The molecule has 21 heavy (non-hydrogen) atoms. The lowest BCUT2D eigenvalue weighted by Gasteiger charge is -2.26. The van der Waals surface area contributed by atoms with Crippen molar-refractivity contribution in [3.05, 3.63) is 28.8 Å². The Balaban J connectivity index is 2.07. The Kier molecular flexibility index (Phi) is 5.48. The largest absolute Gasteiger partial charge is 0.496 e. The van der Waals surface area contributed by atoms with Crippen molar-refractivity contribution in [3.63, 3.8) is 0 Å². The van der Waals surface area contributed by atoms with Gasteiger partial charge >= 0.3 is 0 Å². The molecule has 1 amide bonds. The molecule has 116 valence electrons. The fraction of sp³-hybridized carbons (Fsp3) is 0.562. The number of carbonyl (C=O) groups excluding carboxylic acids is 1. The first kappa shape index (κ1) is 16.1. The number of methoxy groups -OCH3 is 1. The number of amides is 1. The molecule has 1 aliphatic rings. The molecule has 1 atom stereocenters. The van der Waals surface area contributed by atoms with Crippen LogP contribution in [0.2, 0.25) is 5.02 Å². The maximum Gasteiger partial charge on any atom is 0.227 e. The van der Waals surface area contributed by atoms with Crippen LogP contribution in [0.1, 0.15) is 31.7 Å². The van der Waals surface area contributed by atoms with E-state index < -0.39 is 0 Å². The summed E-state index contributed by atoms with van der Waals surface area (Å²) >= 11 is 6.20. The Morgan fingerprint density at radius 2 is 2.33 bits per heavy atom. The first-order valence-electron chi connectivity index (χ1n) is 7.43. The van der Waals surface area contributed by atoms with Gasteiger partial charge in [-0.25, -0.2) is 0 Å². The van der Waals surface area contributed by atoms with E-state index in [4.69, 9.17) is 16.3 Å². The average Bonchev–Trinajstić information content (AvgIpc) is 2.95. The Morgan fingerprint density at radius 3 is 2.95 bits per heavy atom. The number of hydrogen-bond donors (Lipinski definition) is 2. The summed E-state index contributed by atoms with van der Waals surface area (Å²) in [6, 6.07) is 5.50. The summed E-state index contributed by atoms with van der Waals surface area (Å²) in [6.45, 7) is 4.17. The minimum absolute atomic E-state index is 0.108. The van der Waals surface area contributed by atoms with Crippen molar-refractivity contribution in [1.82, 2.24) is 10.6 Å². The van der Waals surface area contributed by atoms with Gasteiger partial charge in [0.2, 0.25) is 5.91 Å². The molecule has 0 radical (unpaired) electrons. The van der Waals surface area contributed by atoms with Gasteiger partial charge in [-0.05, 0) is 31.5 Å². The third kappa shape index (κ3) is 3.50. The molecule has 1 heterocycles. The van der Waals surface area contributed by atoms with Gasteiger partial charge in [0.05, 0.1) is 12.5 Å². The number of ether oxygens (including phenoxy) is 1. The maximum absolute atomic E-state index is 12.6. The second kappa shape index (κ2) is 7.14. The van der Waals surface area contributed by atoms with Crippen molar-refractivity contribution in [1.29, 1.82) is 0 Å². The second-order valence-corrected chi connectivity index (χ2v) is 5.97. The van der Waals surface area contributed by atoms with Gasteiger partial charge < -0.3 is 15.4 Å². The zero-order valence-corrected chi connectivity index (χ0v) is 13.4. The van der Waals surface area contributed by atoms with Crippen molar-refractivity contribution in [2.75, 3.05) is 20.2 Å². The highest BCUT2D eigenvalue weighted by atomic mass is 35.5. The van der Waals surface area contributed by atoms with Gasteiger partial charge in [-0.3, -0.25) is 4.79 Å². The molecule has 5 heteroatoms. The first-order valence-corrected chi connectivity index (χ1v) is 7.81. The second-order valence-electron chi connectivity index (χ2n) is 5.56. The number of carbonyl (C=O) groups is 1. The van der Waals surface area contributed by atoms with Gasteiger partial charge in [-0.15, -0.1) is 0 Å². The summed E-state index contributed by atoms with van der Waals surface area (Å²) in [7, 11) is 1.61. The van der Waals surface area contributed by atoms with Gasteiger partial charge in [0.15, 0.2) is 0 Å². The lowest BCUT2D eigenvalue weighted by Crippen LogP contribution is -2.42. The van der Waals surface area contributed by atoms with Crippen LogP contribution < -0.4 is 15.4 Å². The van der Waals surface area contributed by atoms with E-state index >= 15 is 0 Å². The van der Waals surface area contributed by atoms with Crippen LogP contribution in [0.4, 0.5) is 0 Å². The van der Waals surface area contributed by atoms with Crippen LogP contribution >= 0.6 is 11.6 Å². The molecule has 1 fully saturated rings. The Labute approximate surface area is 131 Å². The van der Waals surface area contributed by atoms with Crippen molar-refractivity contribution < 1.29 is 9.53 Å². The van der Waals surface area contributed by atoms with Crippen molar-refractivity contribution in [3.8, 4) is 5.75 Å². The summed E-state index contributed by atoms with van der Waals surface area (Å²) in [4.78, 5) is 12.6. The molecule has 2 N–H and O–H groups in total. The minimum Gasteiger partial charge on any atom is -0.496 e. The fourth-order valence-electron chi connectivity index (χ4n) is 3.00. The molecule has 1 saturated heterocycles. The molecule has 2 rings (SSSR count). The third-order valence-electron chi connectivity index (χ3n) is 4.18. The minimum atomic E-state index is -0.275. The summed E-state index contributed by atoms with van der Waals surface area (Å²) in [6.07, 6.45) is 2.81. The highest BCUT2D eigenvalue weighted by Gasteiger charge is 2.40. The monoisotopic (exact) mass is 310 g/mol. The Bertz CT molecular complexity index is 499. The molecule has 4 nitrogen and oxygen atoms in total. The number of halogens is 1. The van der Waals surface area contributed by atoms with E-state index in [0.717, 1.165) is 37.9 Å². The SMILES string of the molecule is CCCC1(C(=O)NCc2c(Cl)cccc2OC)CCNC1. The van der Waals surface area contributed by atoms with Crippen molar-refractivity contribution in [2.24, 2.45) is 5.41 Å². The number of rotatable bonds is 6. The maximum atomic E-state index is 12.6. The normalized spacial score (nSPS) is 21.3. The zero-order valence-electron chi connectivity index (χ0n) is 12.7. The van der Waals surface area contributed by atoms with E-state index in [2.05, 4.69) is 17.6 Å². The molecular formula is C16H23ClN2O2. The van der Waals surface area contributed by atoms with E-state index in [1.54, 1.807) is 7.11 Å². The van der Waals surface area contributed by atoms with Gasteiger partial charge in [-0.1, -0.05) is 31.0 Å². The van der Waals surface area contributed by atoms with Gasteiger partial charge in [0, 0.05) is 23.7 Å². The van der Waals surface area contributed by atoms with Gasteiger partial charge in [-0.2, -0.15) is 0 Å². The number of hydrogen-bond acceptors (Lipinski definition) is 3.